The molecule has 5 heavy (non-hydrogen) atoms. The van der Waals surface area contributed by atoms with Crippen LogP contribution in [-0.2, 0) is 0 Å². The van der Waals surface area contributed by atoms with Crippen LogP contribution in [0.3, 0.4) is 0 Å². The molecular weight excluding hydrogens is 74.8 g/mol. The van der Waals surface area contributed by atoms with Crippen molar-refractivity contribution in [2.75, 3.05) is 0 Å². The summed E-state index contributed by atoms with van der Waals surface area (Å²) in [5.74, 6) is 0.694. The average Bonchev–Trinajstić information content (AvgIpc) is 1.38. The van der Waals surface area contributed by atoms with E-state index in [0.29, 0.717) is 5.97 Å². The van der Waals surface area contributed by atoms with Crippen molar-refractivity contribution in [3.8, 4) is 5.97 Å². The Bertz CT molecular complexity index is 55.2. The Morgan fingerprint density at radius 1 is 1.60 bits per heavy atom. The van der Waals surface area contributed by atoms with Gasteiger partial charge in [0, 0.05) is 0 Å². The molecule has 0 aliphatic carbocycles. The topological polar surface area (TPSA) is 23.8 Å². The van der Waals surface area contributed by atoms with Crippen molar-refractivity contribution in [3.63, 3.8) is 0 Å². The van der Waals surface area contributed by atoms with Crippen molar-refractivity contribution in [2.24, 2.45) is 0 Å². The summed E-state index contributed by atoms with van der Waals surface area (Å²) in [6.07, 6.45) is 0. The summed E-state index contributed by atoms with van der Waals surface area (Å²) in [5, 5.41) is 7.14. The zero-order valence-electron chi connectivity index (χ0n) is 2.28. The molecule has 0 aliphatic heterocycles. The minimum Gasteiger partial charge on any atom is -0.272 e. The lowest BCUT2D eigenvalue weighted by Crippen LogP contribution is -1.85. The predicted octanol–water partition coefficient (Wildman–Crippen LogP) is 0.476. The van der Waals surface area contributed by atoms with E-state index in [1.807, 2.05) is 0 Å². The molecule has 0 aliphatic rings. The van der Waals surface area contributed by atoms with Gasteiger partial charge in [0.1, 0.15) is 0 Å². The summed E-state index contributed by atoms with van der Waals surface area (Å²) in [6.45, 7) is 0. The van der Waals surface area contributed by atoms with Crippen LogP contribution < -0.4 is 0 Å². The van der Waals surface area contributed by atoms with E-state index in [-0.39, 0.29) is 0 Å². The minimum absolute atomic E-state index is 0.694. The fourth-order valence-electron chi connectivity index (χ4n) is 0. The van der Waals surface area contributed by atoms with Crippen LogP contribution in [0, 0.1) is 11.2 Å². The maximum atomic E-state index is 10.4. The molecule has 0 N–H and O–H groups in total. The van der Waals surface area contributed by atoms with Crippen LogP contribution in [0.15, 0.2) is 0 Å². The smallest absolute Gasteiger partial charge is 0.272 e. The first-order chi connectivity index (χ1) is 2.27. The molecule has 0 atom stereocenters. The molecule has 0 saturated heterocycles. The number of hydrogen-bond acceptors (Lipinski definition) is 1. The number of rotatable bonds is 0. The van der Waals surface area contributed by atoms with Crippen molar-refractivity contribution in [3.05, 3.63) is 0 Å². The van der Waals surface area contributed by atoms with Gasteiger partial charge < -0.3 is 0 Å². The lowest BCUT2D eigenvalue weighted by atomic mass is 10.1. The van der Waals surface area contributed by atoms with Crippen LogP contribution in [0.4, 0.5) is 8.63 Å². The van der Waals surface area contributed by atoms with E-state index in [1.54, 1.807) is 0 Å². The van der Waals surface area contributed by atoms with Gasteiger partial charge in [0.15, 0.2) is 0 Å². The van der Waals surface area contributed by atoms with Crippen LogP contribution in [0.1, 0.15) is 0 Å². The van der Waals surface area contributed by atoms with Gasteiger partial charge in [-0.25, -0.2) is 5.26 Å². The third-order valence-corrected chi connectivity index (χ3v) is 0.0976. The predicted molar refractivity (Wildman–Crippen MR) is 13.6 cm³/mol. The van der Waals surface area contributed by atoms with E-state index in [4.69, 9.17) is 5.26 Å². The van der Waals surface area contributed by atoms with E-state index in [9.17, 15) is 8.63 Å². The van der Waals surface area contributed by atoms with Gasteiger partial charge in [-0.3, -0.25) is 8.63 Å². The molecule has 0 aromatic heterocycles. The molecule has 0 radical (unpaired) electrons. The first-order valence-corrected chi connectivity index (χ1v) is 0.949. The Labute approximate surface area is 28.4 Å². The second kappa shape index (κ2) is 1.71. The zero-order valence-corrected chi connectivity index (χ0v) is 2.28. The van der Waals surface area contributed by atoms with Gasteiger partial charge in [-0.15, -0.1) is 0 Å². The van der Waals surface area contributed by atoms with E-state index < -0.39 is 7.27 Å². The molecule has 0 aromatic rings. The van der Waals surface area contributed by atoms with Gasteiger partial charge in [0.2, 0.25) is 0 Å². The fraction of sp³-hybridized carbons (Fsp3) is 0. The first kappa shape index (κ1) is 4.41. The fourth-order valence-corrected chi connectivity index (χ4v) is 0. The summed E-state index contributed by atoms with van der Waals surface area (Å²) in [4.78, 5) is 0. The molecule has 0 fully saturated rings. The molecule has 1 nitrogen and oxygen atoms in total. The Balaban J connectivity index is 2.94. The first-order valence-electron chi connectivity index (χ1n) is 0.949. The largest absolute Gasteiger partial charge is 0.655 e. The molecule has 0 aromatic carbocycles. The number of nitriles is 1. The van der Waals surface area contributed by atoms with Gasteiger partial charge in [0.25, 0.3) is 0 Å². The number of hydrogen-bond donors (Lipinski definition) is 0. The van der Waals surface area contributed by atoms with Gasteiger partial charge in [-0.1, -0.05) is 0 Å². The monoisotopic (exact) mass is 75.0 g/mol. The van der Waals surface area contributed by atoms with Gasteiger partial charge in [-0.2, -0.15) is 0 Å². The normalized spacial score (nSPS) is 5.80. The quantitative estimate of drug-likeness (QED) is 0.384. The molecule has 0 rings (SSSR count). The minimum atomic E-state index is -2.81. The second-order valence-corrected chi connectivity index (χ2v) is 0.430. The van der Waals surface area contributed by atoms with E-state index >= 15 is 0 Å². The SMILES string of the molecule is N#CB(F)F. The highest BCUT2D eigenvalue weighted by Gasteiger charge is 2.06. The lowest BCUT2D eigenvalue weighted by molar-refractivity contribution is 0.686. The Kier molecular flexibility index (Phi) is 1.51. The van der Waals surface area contributed by atoms with Gasteiger partial charge >= 0.3 is 7.27 Å². The van der Waals surface area contributed by atoms with Crippen molar-refractivity contribution >= 4 is 7.27 Å². The molecule has 4 heteroatoms. The number of nitrogens with zero attached hydrogens (tertiary/aromatic N) is 1. The highest BCUT2D eigenvalue weighted by molar-refractivity contribution is 6.52. The highest BCUT2D eigenvalue weighted by atomic mass is 19.2. The standard InChI is InChI=1S/CBF2N/c3-2(4)1-5. The molecule has 0 amide bonds. The van der Waals surface area contributed by atoms with Crippen LogP contribution in [0.5, 0.6) is 0 Å². The second-order valence-electron chi connectivity index (χ2n) is 0.430. The third kappa shape index (κ3) is 3.41. The highest BCUT2D eigenvalue weighted by Crippen LogP contribution is 1.76. The molecule has 26 valence electrons. The van der Waals surface area contributed by atoms with Crippen LogP contribution in [0.2, 0.25) is 0 Å². The Hall–Kier alpha value is -0.585. The molecular formula is CBF2N. The Morgan fingerprint density at radius 3 is 1.80 bits per heavy atom. The molecule has 0 unspecified atom stereocenters. The van der Waals surface area contributed by atoms with Crippen LogP contribution in [-0.4, -0.2) is 7.27 Å². The summed E-state index contributed by atoms with van der Waals surface area (Å²) < 4.78 is 20.8. The van der Waals surface area contributed by atoms with Gasteiger partial charge in [0.05, 0.1) is 5.97 Å². The molecule has 0 heterocycles. The van der Waals surface area contributed by atoms with Crippen LogP contribution >= 0.6 is 0 Å². The third-order valence-electron chi connectivity index (χ3n) is 0.0976. The molecule has 0 bridgehead atoms. The zero-order chi connectivity index (χ0) is 4.28. The summed E-state index contributed by atoms with van der Waals surface area (Å²) in [6, 6.07) is 0. The average molecular weight is 74.8 g/mol. The maximum Gasteiger partial charge on any atom is 0.655 e. The maximum absolute atomic E-state index is 10.4. The summed E-state index contributed by atoms with van der Waals surface area (Å²) in [5.41, 5.74) is 0. The van der Waals surface area contributed by atoms with Crippen LogP contribution in [0.25, 0.3) is 0 Å². The van der Waals surface area contributed by atoms with Gasteiger partial charge in [-0.05, 0) is 0 Å². The van der Waals surface area contributed by atoms with Crippen molar-refractivity contribution in [1.29, 1.82) is 5.26 Å². The van der Waals surface area contributed by atoms with Crippen molar-refractivity contribution in [1.82, 2.24) is 0 Å². The van der Waals surface area contributed by atoms with Crippen molar-refractivity contribution in [2.45, 2.75) is 0 Å². The molecule has 0 saturated carbocycles. The Morgan fingerprint density at radius 2 is 1.80 bits per heavy atom. The summed E-state index contributed by atoms with van der Waals surface area (Å²) in [7, 11) is -2.81. The van der Waals surface area contributed by atoms with E-state index in [1.165, 1.54) is 0 Å². The number of halogens is 2. The van der Waals surface area contributed by atoms with Crippen molar-refractivity contribution < 1.29 is 8.63 Å². The van der Waals surface area contributed by atoms with E-state index in [2.05, 4.69) is 0 Å². The summed E-state index contributed by atoms with van der Waals surface area (Å²) >= 11 is 0. The molecule has 0 spiro atoms. The lowest BCUT2D eigenvalue weighted by Gasteiger charge is -1.58. The van der Waals surface area contributed by atoms with E-state index in [0.717, 1.165) is 0 Å².